The van der Waals surface area contributed by atoms with E-state index in [1.165, 1.54) is 17.7 Å². The Labute approximate surface area is 123 Å². The topological polar surface area (TPSA) is 32.3 Å². The molecular weight excluding hydrogens is 280 g/mol. The summed E-state index contributed by atoms with van der Waals surface area (Å²) in [5.41, 5.74) is 0. The molecule has 0 radical (unpaired) electrons. The van der Waals surface area contributed by atoms with Crippen molar-refractivity contribution in [1.82, 2.24) is 10.2 Å². The Hall–Kier alpha value is -0.580. The maximum Gasteiger partial charge on any atom is 0.236 e. The summed E-state index contributed by atoms with van der Waals surface area (Å²) in [6.45, 7) is 3.15. The Bertz CT molecular complexity index is 400. The molecule has 0 aliphatic carbocycles. The van der Waals surface area contributed by atoms with Crippen molar-refractivity contribution in [3.8, 4) is 0 Å². The lowest BCUT2D eigenvalue weighted by molar-refractivity contribution is -0.130. The van der Waals surface area contributed by atoms with Crippen molar-refractivity contribution < 1.29 is 4.79 Å². The van der Waals surface area contributed by atoms with Crippen LogP contribution >= 0.6 is 22.9 Å². The van der Waals surface area contributed by atoms with E-state index in [2.05, 4.69) is 5.32 Å². The summed E-state index contributed by atoms with van der Waals surface area (Å²) >= 11 is 7.49. The largest absolute Gasteiger partial charge is 0.342 e. The average molecular weight is 301 g/mol. The van der Waals surface area contributed by atoms with Gasteiger partial charge in [0.2, 0.25) is 5.91 Å². The van der Waals surface area contributed by atoms with Gasteiger partial charge in [0.25, 0.3) is 0 Å². The maximum atomic E-state index is 12.0. The van der Waals surface area contributed by atoms with Gasteiger partial charge in [0, 0.05) is 24.5 Å². The summed E-state index contributed by atoms with van der Waals surface area (Å²) in [6, 6.07) is 3.97. The van der Waals surface area contributed by atoms with E-state index in [9.17, 15) is 4.79 Å². The minimum absolute atomic E-state index is 0.242. The number of nitrogens with zero attached hydrogens (tertiary/aromatic N) is 1. The van der Waals surface area contributed by atoms with Crippen molar-refractivity contribution in [3.63, 3.8) is 0 Å². The Balaban J connectivity index is 1.63. The molecule has 0 atom stereocenters. The second-order valence-electron chi connectivity index (χ2n) is 4.93. The first kappa shape index (κ1) is 14.8. The Kier molecular flexibility index (Phi) is 6.14. The molecule has 1 aliphatic rings. The molecule has 1 aromatic rings. The number of hydrogen-bond donors (Lipinski definition) is 1. The molecular formula is C14H21ClN2OS. The second-order valence-corrected chi connectivity index (χ2v) is 6.73. The SMILES string of the molecule is O=C(CNCCc1ccc(Cl)s1)N1CCCCCC1. The molecule has 1 aliphatic heterocycles. The predicted molar refractivity (Wildman–Crippen MR) is 81.0 cm³/mol. The van der Waals surface area contributed by atoms with E-state index < -0.39 is 0 Å². The quantitative estimate of drug-likeness (QED) is 0.848. The van der Waals surface area contributed by atoms with Gasteiger partial charge in [-0.25, -0.2) is 0 Å². The highest BCUT2D eigenvalue weighted by Crippen LogP contribution is 2.21. The highest BCUT2D eigenvalue weighted by Gasteiger charge is 2.14. The summed E-state index contributed by atoms with van der Waals surface area (Å²) in [6.07, 6.45) is 5.76. The minimum atomic E-state index is 0.242. The van der Waals surface area contributed by atoms with Gasteiger partial charge in [-0.15, -0.1) is 11.3 Å². The summed E-state index contributed by atoms with van der Waals surface area (Å²) in [5.74, 6) is 0.242. The molecule has 1 amide bonds. The highest BCUT2D eigenvalue weighted by molar-refractivity contribution is 7.16. The third kappa shape index (κ3) is 5.13. The molecule has 1 N–H and O–H groups in total. The number of carbonyl (C=O) groups excluding carboxylic acids is 1. The van der Waals surface area contributed by atoms with Crippen LogP contribution in [0.4, 0.5) is 0 Å². The van der Waals surface area contributed by atoms with Crippen LogP contribution < -0.4 is 5.32 Å². The van der Waals surface area contributed by atoms with Crippen molar-refractivity contribution in [2.45, 2.75) is 32.1 Å². The first-order chi connectivity index (χ1) is 9.25. The number of carbonyl (C=O) groups is 1. The first-order valence-electron chi connectivity index (χ1n) is 6.98. The molecule has 0 aromatic carbocycles. The number of rotatable bonds is 5. The van der Waals surface area contributed by atoms with Crippen LogP contribution in [0.25, 0.3) is 0 Å². The maximum absolute atomic E-state index is 12.0. The summed E-state index contributed by atoms with van der Waals surface area (Å²) < 4.78 is 0.829. The molecule has 5 heteroatoms. The summed E-state index contributed by atoms with van der Waals surface area (Å²) in [5, 5.41) is 3.23. The van der Waals surface area contributed by atoms with Gasteiger partial charge in [-0.1, -0.05) is 24.4 Å². The van der Waals surface area contributed by atoms with E-state index >= 15 is 0 Å². The van der Waals surface area contributed by atoms with Crippen molar-refractivity contribution in [3.05, 3.63) is 21.3 Å². The van der Waals surface area contributed by atoms with Gasteiger partial charge in [0.15, 0.2) is 0 Å². The molecule has 3 nitrogen and oxygen atoms in total. The molecule has 0 bridgehead atoms. The number of nitrogens with one attached hydrogen (secondary N) is 1. The normalized spacial score (nSPS) is 16.4. The number of halogens is 1. The van der Waals surface area contributed by atoms with Gasteiger partial charge in [0.1, 0.15) is 0 Å². The Morgan fingerprint density at radius 1 is 1.26 bits per heavy atom. The molecule has 106 valence electrons. The Morgan fingerprint density at radius 2 is 2.00 bits per heavy atom. The van der Waals surface area contributed by atoms with Crippen LogP contribution in [0.3, 0.4) is 0 Å². The van der Waals surface area contributed by atoms with E-state index in [0.717, 1.165) is 43.2 Å². The van der Waals surface area contributed by atoms with E-state index in [-0.39, 0.29) is 5.91 Å². The standard InChI is InChI=1S/C14H21ClN2OS/c15-13-6-5-12(19-13)7-8-16-11-14(18)17-9-3-1-2-4-10-17/h5-6,16H,1-4,7-11H2. The van der Waals surface area contributed by atoms with Crippen LogP contribution in [0.15, 0.2) is 12.1 Å². The molecule has 0 saturated carbocycles. The molecule has 2 rings (SSSR count). The molecule has 19 heavy (non-hydrogen) atoms. The number of thiophene rings is 1. The second kappa shape index (κ2) is 7.88. The number of amides is 1. The van der Waals surface area contributed by atoms with Gasteiger partial charge in [-0.3, -0.25) is 4.79 Å². The minimum Gasteiger partial charge on any atom is -0.342 e. The molecule has 1 aromatic heterocycles. The average Bonchev–Trinajstić information content (AvgIpc) is 2.67. The zero-order valence-corrected chi connectivity index (χ0v) is 12.7. The zero-order chi connectivity index (χ0) is 13.5. The van der Waals surface area contributed by atoms with Gasteiger partial charge >= 0.3 is 0 Å². The van der Waals surface area contributed by atoms with Gasteiger partial charge in [-0.2, -0.15) is 0 Å². The van der Waals surface area contributed by atoms with Crippen LogP contribution in [0.5, 0.6) is 0 Å². The molecule has 0 spiro atoms. The van der Waals surface area contributed by atoms with E-state index in [0.29, 0.717) is 6.54 Å². The molecule has 1 fully saturated rings. The van der Waals surface area contributed by atoms with Crippen LogP contribution in [0.1, 0.15) is 30.6 Å². The van der Waals surface area contributed by atoms with Crippen molar-refractivity contribution in [2.75, 3.05) is 26.2 Å². The van der Waals surface area contributed by atoms with Gasteiger partial charge in [-0.05, 0) is 31.4 Å². The van der Waals surface area contributed by atoms with Crippen LogP contribution in [-0.4, -0.2) is 37.0 Å². The van der Waals surface area contributed by atoms with E-state index in [4.69, 9.17) is 11.6 Å². The van der Waals surface area contributed by atoms with Crippen molar-refractivity contribution >= 4 is 28.8 Å². The lowest BCUT2D eigenvalue weighted by Crippen LogP contribution is -2.39. The molecule has 2 heterocycles. The highest BCUT2D eigenvalue weighted by atomic mass is 35.5. The summed E-state index contributed by atoms with van der Waals surface area (Å²) in [4.78, 5) is 15.3. The van der Waals surface area contributed by atoms with Crippen molar-refractivity contribution in [2.24, 2.45) is 0 Å². The zero-order valence-electron chi connectivity index (χ0n) is 11.2. The monoisotopic (exact) mass is 300 g/mol. The van der Waals surface area contributed by atoms with E-state index in [1.807, 2.05) is 17.0 Å². The van der Waals surface area contributed by atoms with Crippen LogP contribution in [-0.2, 0) is 11.2 Å². The van der Waals surface area contributed by atoms with Crippen LogP contribution in [0, 0.1) is 0 Å². The summed E-state index contributed by atoms with van der Waals surface area (Å²) in [7, 11) is 0. The number of likely N-dealkylation sites (tertiary alicyclic amines) is 1. The predicted octanol–water partition coefficient (Wildman–Crippen LogP) is 2.94. The molecule has 1 saturated heterocycles. The lowest BCUT2D eigenvalue weighted by Gasteiger charge is -2.20. The van der Waals surface area contributed by atoms with Gasteiger partial charge < -0.3 is 10.2 Å². The van der Waals surface area contributed by atoms with E-state index in [1.54, 1.807) is 11.3 Å². The Morgan fingerprint density at radius 3 is 2.63 bits per heavy atom. The fraction of sp³-hybridized carbons (Fsp3) is 0.643. The smallest absolute Gasteiger partial charge is 0.236 e. The lowest BCUT2D eigenvalue weighted by atomic mass is 10.2. The third-order valence-corrected chi connectivity index (χ3v) is 4.70. The number of hydrogen-bond acceptors (Lipinski definition) is 3. The van der Waals surface area contributed by atoms with Crippen LogP contribution in [0.2, 0.25) is 4.34 Å². The van der Waals surface area contributed by atoms with Crippen molar-refractivity contribution in [1.29, 1.82) is 0 Å². The molecule has 0 unspecified atom stereocenters. The fourth-order valence-electron chi connectivity index (χ4n) is 2.32. The first-order valence-corrected chi connectivity index (χ1v) is 8.18. The fourth-order valence-corrected chi connectivity index (χ4v) is 3.41. The van der Waals surface area contributed by atoms with Gasteiger partial charge in [0.05, 0.1) is 10.9 Å². The third-order valence-electron chi connectivity index (χ3n) is 3.41.